The lowest BCUT2D eigenvalue weighted by molar-refractivity contribution is 0.0805. The molecule has 0 fully saturated rings. The molecule has 2 aromatic rings. The zero-order valence-corrected chi connectivity index (χ0v) is 10.1. The van der Waals surface area contributed by atoms with Gasteiger partial charge in [-0.05, 0) is 13.0 Å². The standard InChI is InChI=1S/C10H11F2N3OS/c1-5-3-6-8(16-4-7(11)12)14-10(13-2)15-9(6)17-5/h3,7H,4H2,1-2H3,(H,13,14,15). The molecule has 0 amide bonds. The summed E-state index contributed by atoms with van der Waals surface area (Å²) in [5.41, 5.74) is 0. The number of ether oxygens (including phenoxy) is 1. The maximum atomic E-state index is 12.1. The van der Waals surface area contributed by atoms with E-state index in [1.54, 1.807) is 7.05 Å². The summed E-state index contributed by atoms with van der Waals surface area (Å²) in [5.74, 6) is 0.563. The van der Waals surface area contributed by atoms with Crippen LogP contribution in [0.5, 0.6) is 5.88 Å². The Morgan fingerprint density at radius 3 is 2.88 bits per heavy atom. The molecular weight excluding hydrogens is 248 g/mol. The molecule has 0 atom stereocenters. The summed E-state index contributed by atoms with van der Waals surface area (Å²) in [6.45, 7) is 1.26. The molecule has 0 radical (unpaired) electrons. The van der Waals surface area contributed by atoms with Crippen molar-refractivity contribution in [2.45, 2.75) is 13.3 Å². The van der Waals surface area contributed by atoms with E-state index in [0.29, 0.717) is 11.3 Å². The number of fused-ring (bicyclic) bond motifs is 1. The van der Waals surface area contributed by atoms with E-state index in [1.165, 1.54) is 11.3 Å². The van der Waals surface area contributed by atoms with Crippen LogP contribution < -0.4 is 10.1 Å². The van der Waals surface area contributed by atoms with Crippen LogP contribution in [0.25, 0.3) is 10.2 Å². The highest BCUT2D eigenvalue weighted by molar-refractivity contribution is 7.18. The Hall–Kier alpha value is -1.50. The van der Waals surface area contributed by atoms with Gasteiger partial charge in [-0.1, -0.05) is 0 Å². The summed E-state index contributed by atoms with van der Waals surface area (Å²) in [6.07, 6.45) is -2.52. The van der Waals surface area contributed by atoms with Crippen LogP contribution in [0.2, 0.25) is 0 Å². The quantitative estimate of drug-likeness (QED) is 0.917. The molecule has 0 aliphatic heterocycles. The summed E-state index contributed by atoms with van der Waals surface area (Å²) in [7, 11) is 1.67. The lowest BCUT2D eigenvalue weighted by Crippen LogP contribution is -2.09. The number of alkyl halides is 2. The van der Waals surface area contributed by atoms with Gasteiger partial charge in [0.05, 0.1) is 5.39 Å². The van der Waals surface area contributed by atoms with Crippen LogP contribution in [-0.2, 0) is 0 Å². The molecule has 2 heterocycles. The first-order valence-electron chi connectivity index (χ1n) is 4.97. The Morgan fingerprint density at radius 2 is 2.24 bits per heavy atom. The fraction of sp³-hybridized carbons (Fsp3) is 0.400. The first-order valence-corrected chi connectivity index (χ1v) is 5.78. The summed E-state index contributed by atoms with van der Waals surface area (Å²) < 4.78 is 29.3. The molecule has 0 spiro atoms. The van der Waals surface area contributed by atoms with Crippen molar-refractivity contribution in [2.24, 2.45) is 0 Å². The van der Waals surface area contributed by atoms with E-state index >= 15 is 0 Å². The zero-order chi connectivity index (χ0) is 12.4. The van der Waals surface area contributed by atoms with Gasteiger partial charge in [0.1, 0.15) is 4.83 Å². The van der Waals surface area contributed by atoms with E-state index in [4.69, 9.17) is 4.74 Å². The molecule has 0 unspecified atom stereocenters. The molecule has 0 bridgehead atoms. The molecule has 1 N–H and O–H groups in total. The van der Waals surface area contributed by atoms with Gasteiger partial charge in [-0.15, -0.1) is 11.3 Å². The highest BCUT2D eigenvalue weighted by Crippen LogP contribution is 2.31. The number of hydrogen-bond acceptors (Lipinski definition) is 5. The molecule has 92 valence electrons. The number of hydrogen-bond donors (Lipinski definition) is 1. The van der Waals surface area contributed by atoms with Crippen molar-refractivity contribution in [3.63, 3.8) is 0 Å². The predicted octanol–water partition coefficient (Wildman–Crippen LogP) is 2.69. The molecule has 0 aliphatic rings. The zero-order valence-electron chi connectivity index (χ0n) is 9.33. The average Bonchev–Trinajstić information content (AvgIpc) is 2.65. The number of nitrogens with one attached hydrogen (secondary N) is 1. The lowest BCUT2D eigenvalue weighted by atomic mass is 10.3. The van der Waals surface area contributed by atoms with Crippen molar-refractivity contribution in [1.82, 2.24) is 9.97 Å². The Bertz CT molecular complexity index is 529. The van der Waals surface area contributed by atoms with Crippen LogP contribution in [0.15, 0.2) is 6.07 Å². The van der Waals surface area contributed by atoms with Gasteiger partial charge in [-0.3, -0.25) is 0 Å². The van der Waals surface area contributed by atoms with Gasteiger partial charge >= 0.3 is 0 Å². The normalized spacial score (nSPS) is 11.1. The van der Waals surface area contributed by atoms with Crippen LogP contribution in [0.4, 0.5) is 14.7 Å². The van der Waals surface area contributed by atoms with Crippen LogP contribution in [-0.4, -0.2) is 30.0 Å². The van der Waals surface area contributed by atoms with Gasteiger partial charge in [-0.25, -0.2) is 13.8 Å². The molecule has 2 aromatic heterocycles. The van der Waals surface area contributed by atoms with E-state index in [1.807, 2.05) is 13.0 Å². The second-order valence-corrected chi connectivity index (χ2v) is 4.62. The second kappa shape index (κ2) is 4.79. The number of anilines is 1. The maximum absolute atomic E-state index is 12.1. The smallest absolute Gasteiger partial charge is 0.272 e. The SMILES string of the molecule is CNc1nc(OCC(F)F)c2cc(C)sc2n1. The second-order valence-electron chi connectivity index (χ2n) is 3.38. The predicted molar refractivity (Wildman–Crippen MR) is 63.2 cm³/mol. The van der Waals surface area contributed by atoms with Gasteiger partial charge < -0.3 is 10.1 Å². The Labute approximate surface area is 101 Å². The van der Waals surface area contributed by atoms with E-state index in [9.17, 15) is 8.78 Å². The van der Waals surface area contributed by atoms with Gasteiger partial charge in [0.25, 0.3) is 6.43 Å². The van der Waals surface area contributed by atoms with E-state index in [0.717, 1.165) is 9.71 Å². The molecule has 0 saturated carbocycles. The summed E-state index contributed by atoms with van der Waals surface area (Å²) in [6, 6.07) is 1.83. The summed E-state index contributed by atoms with van der Waals surface area (Å²) >= 11 is 1.47. The van der Waals surface area contributed by atoms with Crippen molar-refractivity contribution < 1.29 is 13.5 Å². The molecular formula is C10H11F2N3OS. The Morgan fingerprint density at radius 1 is 1.47 bits per heavy atom. The Balaban J connectivity index is 2.43. The summed E-state index contributed by atoms with van der Waals surface area (Å²) in [4.78, 5) is 10.0. The van der Waals surface area contributed by atoms with Gasteiger partial charge in [-0.2, -0.15) is 4.98 Å². The monoisotopic (exact) mass is 259 g/mol. The largest absolute Gasteiger partial charge is 0.471 e. The highest BCUT2D eigenvalue weighted by Gasteiger charge is 2.13. The molecule has 4 nitrogen and oxygen atoms in total. The van der Waals surface area contributed by atoms with Gasteiger partial charge in [0.15, 0.2) is 6.61 Å². The minimum atomic E-state index is -2.52. The fourth-order valence-electron chi connectivity index (χ4n) is 1.38. The fourth-order valence-corrected chi connectivity index (χ4v) is 2.25. The van der Waals surface area contributed by atoms with Gasteiger partial charge in [0, 0.05) is 11.9 Å². The molecule has 17 heavy (non-hydrogen) atoms. The van der Waals surface area contributed by atoms with Crippen LogP contribution in [0.3, 0.4) is 0 Å². The molecule has 0 aromatic carbocycles. The lowest BCUT2D eigenvalue weighted by Gasteiger charge is -2.07. The number of aryl methyl sites for hydroxylation is 1. The van der Waals surface area contributed by atoms with E-state index < -0.39 is 13.0 Å². The molecule has 7 heteroatoms. The van der Waals surface area contributed by atoms with Crippen LogP contribution in [0.1, 0.15) is 4.88 Å². The van der Waals surface area contributed by atoms with Crippen LogP contribution >= 0.6 is 11.3 Å². The number of halogens is 2. The first-order chi connectivity index (χ1) is 8.10. The minimum absolute atomic E-state index is 0.198. The molecule has 0 saturated heterocycles. The van der Waals surface area contributed by atoms with Crippen LogP contribution in [0, 0.1) is 6.92 Å². The number of aromatic nitrogens is 2. The van der Waals surface area contributed by atoms with E-state index in [-0.39, 0.29) is 5.88 Å². The highest BCUT2D eigenvalue weighted by atomic mass is 32.1. The third-order valence-corrected chi connectivity index (χ3v) is 2.99. The third-order valence-electron chi connectivity index (χ3n) is 2.05. The molecule has 0 aliphatic carbocycles. The number of rotatable bonds is 4. The van der Waals surface area contributed by atoms with E-state index in [2.05, 4.69) is 15.3 Å². The number of thiophene rings is 1. The van der Waals surface area contributed by atoms with Crippen molar-refractivity contribution in [3.8, 4) is 5.88 Å². The van der Waals surface area contributed by atoms with Crippen molar-refractivity contribution in [3.05, 3.63) is 10.9 Å². The number of nitrogens with zero attached hydrogens (tertiary/aromatic N) is 2. The average molecular weight is 259 g/mol. The van der Waals surface area contributed by atoms with Crippen molar-refractivity contribution in [1.29, 1.82) is 0 Å². The van der Waals surface area contributed by atoms with Gasteiger partial charge in [0.2, 0.25) is 11.8 Å². The first kappa shape index (κ1) is 12.0. The maximum Gasteiger partial charge on any atom is 0.272 e. The summed E-state index contributed by atoms with van der Waals surface area (Å²) in [5, 5.41) is 3.45. The van der Waals surface area contributed by atoms with Crippen molar-refractivity contribution >= 4 is 27.5 Å². The topological polar surface area (TPSA) is 47.0 Å². The minimum Gasteiger partial charge on any atom is -0.471 e. The third kappa shape index (κ3) is 2.60. The molecule has 2 rings (SSSR count). The Kier molecular flexibility index (Phi) is 3.37. The van der Waals surface area contributed by atoms with Crippen molar-refractivity contribution in [2.75, 3.05) is 19.0 Å².